The molecule has 3 N–H and O–H groups in total. The Balaban J connectivity index is 2.18. The summed E-state index contributed by atoms with van der Waals surface area (Å²) in [6.45, 7) is 4.41. The van der Waals surface area contributed by atoms with Gasteiger partial charge in [-0.05, 0) is 44.2 Å². The fourth-order valence-corrected chi connectivity index (χ4v) is 1.94. The summed E-state index contributed by atoms with van der Waals surface area (Å²) < 4.78 is 14.5. The van der Waals surface area contributed by atoms with Crippen LogP contribution in [0.3, 0.4) is 0 Å². The molecule has 4 nitrogen and oxygen atoms in total. The lowest BCUT2D eigenvalue weighted by molar-refractivity contribution is 0.548. The van der Waals surface area contributed by atoms with Gasteiger partial charge in [0.2, 0.25) is 0 Å². The van der Waals surface area contributed by atoms with Gasteiger partial charge in [-0.2, -0.15) is 0 Å². The highest BCUT2D eigenvalue weighted by atomic mass is 79.9. The highest BCUT2D eigenvalue weighted by molar-refractivity contribution is 9.10. The molecule has 0 aliphatic carbocycles. The second kappa shape index (κ2) is 5.85. The number of halogens is 2. The van der Waals surface area contributed by atoms with Crippen LogP contribution in [0, 0.1) is 5.82 Å². The lowest BCUT2D eigenvalue weighted by Gasteiger charge is -2.19. The molecule has 0 saturated carbocycles. The maximum absolute atomic E-state index is 13.7. The summed E-state index contributed by atoms with van der Waals surface area (Å²) in [5.41, 5.74) is 6.44. The van der Waals surface area contributed by atoms with Gasteiger partial charge in [-0.3, -0.25) is 0 Å². The Morgan fingerprint density at radius 2 is 2.00 bits per heavy atom. The van der Waals surface area contributed by atoms with Gasteiger partial charge < -0.3 is 11.1 Å². The van der Waals surface area contributed by atoms with E-state index in [1.165, 1.54) is 6.07 Å². The van der Waals surface area contributed by atoms with E-state index >= 15 is 0 Å². The van der Waals surface area contributed by atoms with Gasteiger partial charge in [0.1, 0.15) is 11.6 Å². The summed E-state index contributed by atoms with van der Waals surface area (Å²) in [5, 5.41) is 11.2. The van der Waals surface area contributed by atoms with Crippen molar-refractivity contribution in [2.75, 3.05) is 11.9 Å². The van der Waals surface area contributed by atoms with Crippen molar-refractivity contribution in [2.45, 2.75) is 19.4 Å². The summed E-state index contributed by atoms with van der Waals surface area (Å²) in [7, 11) is 0. The molecule has 1 aromatic heterocycles. The van der Waals surface area contributed by atoms with Crippen LogP contribution in [0.2, 0.25) is 0 Å². The van der Waals surface area contributed by atoms with E-state index in [0.29, 0.717) is 23.6 Å². The Bertz CT molecular complexity index is 593. The van der Waals surface area contributed by atoms with Gasteiger partial charge in [-0.1, -0.05) is 15.9 Å². The molecule has 0 unspecified atom stereocenters. The Morgan fingerprint density at radius 1 is 1.25 bits per heavy atom. The number of benzene rings is 1. The predicted octanol–water partition coefficient (Wildman–Crippen LogP) is 3.19. The zero-order valence-electron chi connectivity index (χ0n) is 11.3. The largest absolute Gasteiger partial charge is 0.367 e. The average Bonchev–Trinajstić information content (AvgIpc) is 2.39. The minimum absolute atomic E-state index is 0.327. The van der Waals surface area contributed by atoms with E-state index in [9.17, 15) is 4.39 Å². The number of anilines is 1. The first-order valence-corrected chi connectivity index (χ1v) is 6.96. The number of hydrogen-bond acceptors (Lipinski definition) is 4. The van der Waals surface area contributed by atoms with E-state index in [2.05, 4.69) is 31.4 Å². The van der Waals surface area contributed by atoms with Crippen LogP contribution in [-0.4, -0.2) is 22.3 Å². The van der Waals surface area contributed by atoms with Crippen molar-refractivity contribution in [1.82, 2.24) is 10.2 Å². The maximum atomic E-state index is 13.7. The van der Waals surface area contributed by atoms with Crippen LogP contribution in [0.25, 0.3) is 11.3 Å². The lowest BCUT2D eigenvalue weighted by Crippen LogP contribution is -2.39. The van der Waals surface area contributed by atoms with Gasteiger partial charge in [0.15, 0.2) is 0 Å². The summed E-state index contributed by atoms with van der Waals surface area (Å²) >= 11 is 3.31. The van der Waals surface area contributed by atoms with Crippen LogP contribution in [0.5, 0.6) is 0 Å². The molecular formula is C14H16BrFN4. The molecular weight excluding hydrogens is 323 g/mol. The number of nitrogens with one attached hydrogen (secondary N) is 1. The summed E-state index contributed by atoms with van der Waals surface area (Å²) in [6.07, 6.45) is 0. The van der Waals surface area contributed by atoms with Crippen LogP contribution >= 0.6 is 15.9 Å². The molecule has 0 bridgehead atoms. The van der Waals surface area contributed by atoms with E-state index < -0.39 is 0 Å². The summed E-state index contributed by atoms with van der Waals surface area (Å²) in [6, 6.07) is 8.20. The van der Waals surface area contributed by atoms with Crippen molar-refractivity contribution in [1.29, 1.82) is 0 Å². The SMILES string of the molecule is CC(C)(N)CNc1ccc(-c2cc(Br)ccc2F)nn1. The van der Waals surface area contributed by atoms with Crippen molar-refractivity contribution in [3.05, 3.63) is 40.6 Å². The predicted molar refractivity (Wildman–Crippen MR) is 81.9 cm³/mol. The number of aromatic nitrogens is 2. The molecule has 2 aromatic rings. The Labute approximate surface area is 125 Å². The Kier molecular flexibility index (Phi) is 4.35. The van der Waals surface area contributed by atoms with Crippen molar-refractivity contribution < 1.29 is 4.39 Å². The van der Waals surface area contributed by atoms with Gasteiger partial charge in [-0.25, -0.2) is 4.39 Å². The van der Waals surface area contributed by atoms with Crippen LogP contribution in [0.4, 0.5) is 10.2 Å². The van der Waals surface area contributed by atoms with Gasteiger partial charge in [0.05, 0.1) is 5.69 Å². The number of nitrogens with two attached hydrogens (primary N) is 1. The van der Waals surface area contributed by atoms with E-state index in [-0.39, 0.29) is 11.4 Å². The molecule has 6 heteroatoms. The quantitative estimate of drug-likeness (QED) is 0.898. The van der Waals surface area contributed by atoms with E-state index in [4.69, 9.17) is 5.73 Å². The van der Waals surface area contributed by atoms with E-state index in [1.54, 1.807) is 24.3 Å². The number of hydrogen-bond donors (Lipinski definition) is 2. The first-order valence-electron chi connectivity index (χ1n) is 6.17. The highest BCUT2D eigenvalue weighted by Gasteiger charge is 2.11. The Hall–Kier alpha value is -1.53. The topological polar surface area (TPSA) is 63.8 Å². The summed E-state index contributed by atoms with van der Waals surface area (Å²) in [4.78, 5) is 0. The fraction of sp³-hybridized carbons (Fsp3) is 0.286. The molecule has 1 aromatic carbocycles. The number of nitrogens with zero attached hydrogens (tertiary/aromatic N) is 2. The van der Waals surface area contributed by atoms with Crippen LogP contribution < -0.4 is 11.1 Å². The second-order valence-electron chi connectivity index (χ2n) is 5.27. The van der Waals surface area contributed by atoms with Crippen molar-refractivity contribution in [3.63, 3.8) is 0 Å². The molecule has 2 rings (SSSR count). The lowest BCUT2D eigenvalue weighted by atomic mass is 10.1. The first kappa shape index (κ1) is 14.9. The van der Waals surface area contributed by atoms with E-state index in [1.807, 2.05) is 13.8 Å². The van der Waals surface area contributed by atoms with Crippen molar-refractivity contribution in [2.24, 2.45) is 5.73 Å². The third-order valence-corrected chi connectivity index (χ3v) is 3.09. The van der Waals surface area contributed by atoms with Gasteiger partial charge in [0.25, 0.3) is 0 Å². The molecule has 0 aliphatic rings. The monoisotopic (exact) mass is 338 g/mol. The smallest absolute Gasteiger partial charge is 0.148 e. The molecule has 20 heavy (non-hydrogen) atoms. The molecule has 0 atom stereocenters. The first-order chi connectivity index (χ1) is 9.35. The third-order valence-electron chi connectivity index (χ3n) is 2.59. The summed E-state index contributed by atoms with van der Waals surface area (Å²) in [5.74, 6) is 0.286. The molecule has 0 fully saturated rings. The molecule has 0 aliphatic heterocycles. The van der Waals surface area contributed by atoms with Crippen LogP contribution in [-0.2, 0) is 0 Å². The maximum Gasteiger partial charge on any atom is 0.148 e. The minimum Gasteiger partial charge on any atom is -0.367 e. The van der Waals surface area contributed by atoms with Gasteiger partial charge in [-0.15, -0.1) is 10.2 Å². The van der Waals surface area contributed by atoms with E-state index in [0.717, 1.165) is 4.47 Å². The molecule has 0 amide bonds. The molecule has 1 heterocycles. The average molecular weight is 339 g/mol. The molecule has 0 saturated heterocycles. The number of rotatable bonds is 4. The van der Waals surface area contributed by atoms with Gasteiger partial charge >= 0.3 is 0 Å². The van der Waals surface area contributed by atoms with Crippen LogP contribution in [0.1, 0.15) is 13.8 Å². The Morgan fingerprint density at radius 3 is 2.60 bits per heavy atom. The highest BCUT2D eigenvalue weighted by Crippen LogP contribution is 2.24. The zero-order chi connectivity index (χ0) is 14.8. The minimum atomic E-state index is -0.337. The molecule has 106 valence electrons. The van der Waals surface area contributed by atoms with Crippen molar-refractivity contribution >= 4 is 21.7 Å². The zero-order valence-corrected chi connectivity index (χ0v) is 12.9. The standard InChI is InChI=1S/C14H16BrFN4/c1-14(2,17)8-18-13-6-5-12(19-20-13)10-7-9(15)3-4-11(10)16/h3-7H,8,17H2,1-2H3,(H,18,20). The third kappa shape index (κ3) is 3.98. The van der Waals surface area contributed by atoms with Gasteiger partial charge in [0, 0.05) is 22.1 Å². The molecule has 0 spiro atoms. The molecule has 0 radical (unpaired) electrons. The normalized spacial score (nSPS) is 11.4. The van der Waals surface area contributed by atoms with Crippen molar-refractivity contribution in [3.8, 4) is 11.3 Å². The fourth-order valence-electron chi connectivity index (χ4n) is 1.58. The van der Waals surface area contributed by atoms with Crippen LogP contribution in [0.15, 0.2) is 34.8 Å². The second-order valence-corrected chi connectivity index (χ2v) is 6.19.